The van der Waals surface area contributed by atoms with Crippen LogP contribution in [0.2, 0.25) is 0 Å². The number of allylic oxidation sites excluding steroid dienone is 1. The van der Waals surface area contributed by atoms with Crippen LogP contribution in [0.5, 0.6) is 5.75 Å². The molecule has 258 valence electrons. The van der Waals surface area contributed by atoms with Crippen LogP contribution in [0.4, 0.5) is 13.2 Å². The number of aromatic amines is 1. The van der Waals surface area contributed by atoms with Crippen molar-refractivity contribution in [2.45, 2.75) is 32.0 Å². The molecule has 0 radical (unpaired) electrons. The first-order valence-corrected chi connectivity index (χ1v) is 16.2. The SMILES string of the molecule is O=C(O)c1ccc(CC(/C=C/c2ccccc2OCc2ccc(-c3ccc(C(F)(F)F)cc3)cc2)CCc2ccc(-c3noc(=O)[nH]3)cc2)cc1. The number of aromatic carboxylic acids is 1. The Bertz CT molecular complexity index is 2150. The highest BCUT2D eigenvalue weighted by molar-refractivity contribution is 5.87. The molecule has 0 spiro atoms. The minimum atomic E-state index is -4.38. The van der Waals surface area contributed by atoms with Crippen molar-refractivity contribution in [1.29, 1.82) is 0 Å². The van der Waals surface area contributed by atoms with Gasteiger partial charge in [-0.1, -0.05) is 108 Å². The number of para-hydroxylation sites is 1. The number of halogens is 3. The van der Waals surface area contributed by atoms with Crippen LogP contribution in [0.25, 0.3) is 28.6 Å². The van der Waals surface area contributed by atoms with Gasteiger partial charge in [-0.2, -0.15) is 13.2 Å². The molecule has 5 aromatic carbocycles. The summed E-state index contributed by atoms with van der Waals surface area (Å²) in [4.78, 5) is 25.3. The predicted molar refractivity (Wildman–Crippen MR) is 188 cm³/mol. The lowest BCUT2D eigenvalue weighted by atomic mass is 9.91. The van der Waals surface area contributed by atoms with Crippen LogP contribution < -0.4 is 10.5 Å². The summed E-state index contributed by atoms with van der Waals surface area (Å²) in [5, 5.41) is 13.1. The summed E-state index contributed by atoms with van der Waals surface area (Å²) in [6.07, 6.45) is 2.11. The second kappa shape index (κ2) is 15.6. The molecule has 6 aromatic rings. The fraction of sp³-hybridized carbons (Fsp3) is 0.146. The molecule has 2 N–H and O–H groups in total. The number of aryl methyl sites for hydroxylation is 1. The zero-order chi connectivity index (χ0) is 35.8. The van der Waals surface area contributed by atoms with Gasteiger partial charge >= 0.3 is 17.9 Å². The second-order valence-electron chi connectivity index (χ2n) is 12.1. The number of hydrogen-bond acceptors (Lipinski definition) is 5. The quantitative estimate of drug-likeness (QED) is 0.125. The van der Waals surface area contributed by atoms with E-state index >= 15 is 0 Å². The molecule has 0 fully saturated rings. The average Bonchev–Trinajstić information content (AvgIpc) is 3.58. The minimum Gasteiger partial charge on any atom is -0.488 e. The van der Waals surface area contributed by atoms with Crippen molar-refractivity contribution in [1.82, 2.24) is 10.1 Å². The van der Waals surface area contributed by atoms with E-state index in [1.165, 1.54) is 12.1 Å². The highest BCUT2D eigenvalue weighted by Crippen LogP contribution is 2.31. The molecule has 1 heterocycles. The summed E-state index contributed by atoms with van der Waals surface area (Å²) in [6, 6.07) is 35.0. The smallest absolute Gasteiger partial charge is 0.439 e. The van der Waals surface area contributed by atoms with Crippen LogP contribution in [0.15, 0.2) is 137 Å². The Morgan fingerprint density at radius 2 is 1.41 bits per heavy atom. The topological polar surface area (TPSA) is 105 Å². The minimum absolute atomic E-state index is 0.109. The largest absolute Gasteiger partial charge is 0.488 e. The Balaban J connectivity index is 1.13. The van der Waals surface area contributed by atoms with Crippen LogP contribution in [-0.2, 0) is 25.6 Å². The molecule has 0 amide bonds. The maximum Gasteiger partial charge on any atom is 0.439 e. The molecule has 0 saturated heterocycles. The number of rotatable bonds is 13. The van der Waals surface area contributed by atoms with Crippen molar-refractivity contribution in [2.75, 3.05) is 0 Å². The van der Waals surface area contributed by atoms with Gasteiger partial charge in [0.25, 0.3) is 0 Å². The monoisotopic (exact) mass is 690 g/mol. The molecule has 1 unspecified atom stereocenters. The first kappa shape index (κ1) is 34.7. The number of carboxylic acid groups (broad SMARTS) is 1. The summed E-state index contributed by atoms with van der Waals surface area (Å²) in [7, 11) is 0. The molecular weight excluding hydrogens is 657 g/mol. The van der Waals surface area contributed by atoms with Gasteiger partial charge in [0.1, 0.15) is 12.4 Å². The van der Waals surface area contributed by atoms with E-state index in [4.69, 9.17) is 4.74 Å². The number of carboxylic acids is 1. The number of benzene rings is 5. The third-order valence-corrected chi connectivity index (χ3v) is 8.53. The number of H-pyrrole nitrogens is 1. The van der Waals surface area contributed by atoms with Gasteiger partial charge in [-0.3, -0.25) is 9.51 Å². The van der Waals surface area contributed by atoms with Crippen LogP contribution in [0.1, 0.15) is 44.6 Å². The number of carbonyl (C=O) groups is 1. The molecule has 0 bridgehead atoms. The fourth-order valence-electron chi connectivity index (χ4n) is 5.68. The number of alkyl halides is 3. The van der Waals surface area contributed by atoms with Crippen molar-refractivity contribution < 1.29 is 32.3 Å². The van der Waals surface area contributed by atoms with Gasteiger partial charge in [0.15, 0.2) is 5.82 Å². The maximum atomic E-state index is 12.9. The maximum absolute atomic E-state index is 12.9. The van der Waals surface area contributed by atoms with Gasteiger partial charge in [-0.25, -0.2) is 9.59 Å². The van der Waals surface area contributed by atoms with Crippen LogP contribution in [0.3, 0.4) is 0 Å². The highest BCUT2D eigenvalue weighted by atomic mass is 19.4. The Labute approximate surface area is 291 Å². The summed E-state index contributed by atoms with van der Waals surface area (Å²) in [5.41, 5.74) is 5.73. The molecule has 0 aliphatic heterocycles. The Kier molecular flexibility index (Phi) is 10.6. The molecule has 0 aliphatic rings. The van der Waals surface area contributed by atoms with Crippen molar-refractivity contribution >= 4 is 12.0 Å². The summed E-state index contributed by atoms with van der Waals surface area (Å²) in [6.45, 7) is 0.301. The molecule has 1 atom stereocenters. The van der Waals surface area contributed by atoms with E-state index in [-0.39, 0.29) is 11.5 Å². The van der Waals surface area contributed by atoms with Gasteiger partial charge in [0, 0.05) is 11.1 Å². The molecule has 0 saturated carbocycles. The van der Waals surface area contributed by atoms with Gasteiger partial charge in [-0.05, 0) is 83.3 Å². The Morgan fingerprint density at radius 1 is 0.804 bits per heavy atom. The highest BCUT2D eigenvalue weighted by Gasteiger charge is 2.30. The van der Waals surface area contributed by atoms with Crippen LogP contribution >= 0.6 is 0 Å². The molecule has 0 aliphatic carbocycles. The number of nitrogens with zero attached hydrogens (tertiary/aromatic N) is 1. The number of aromatic nitrogens is 2. The van der Waals surface area contributed by atoms with Gasteiger partial charge < -0.3 is 9.84 Å². The average molecular weight is 691 g/mol. The molecule has 10 heteroatoms. The van der Waals surface area contributed by atoms with Gasteiger partial charge in [-0.15, -0.1) is 0 Å². The van der Waals surface area contributed by atoms with E-state index in [0.29, 0.717) is 30.2 Å². The molecule has 51 heavy (non-hydrogen) atoms. The lowest BCUT2D eigenvalue weighted by Crippen LogP contribution is -2.05. The van der Waals surface area contributed by atoms with Gasteiger partial charge in [0.05, 0.1) is 11.1 Å². The molecular formula is C41H33F3N2O5. The van der Waals surface area contributed by atoms with E-state index < -0.39 is 23.5 Å². The van der Waals surface area contributed by atoms with Crippen molar-refractivity contribution in [3.63, 3.8) is 0 Å². The predicted octanol–water partition coefficient (Wildman–Crippen LogP) is 9.50. The lowest BCUT2D eigenvalue weighted by Gasteiger charge is -2.15. The number of ether oxygens (including phenoxy) is 1. The molecule has 6 rings (SSSR count). The van der Waals surface area contributed by atoms with E-state index in [1.54, 1.807) is 12.1 Å². The standard InChI is InChI=1S/C41H33F3N2O5/c42-41(43,44)36-23-21-32(22-24-36)31-14-12-30(13-15-31)26-50-37-4-2-1-3-33(37)16-9-28(25-29-10-19-35(20-11-29)39(47)48)6-5-27-7-17-34(18-8-27)38-45-40(49)51-46-38/h1-4,7-24,28H,5-6,25-26H2,(H,47,48)(H,45,46,49)/b16-9+. The van der Waals surface area contributed by atoms with Crippen molar-refractivity contribution in [3.8, 4) is 28.3 Å². The second-order valence-corrected chi connectivity index (χ2v) is 12.1. The van der Waals surface area contributed by atoms with E-state index in [9.17, 15) is 27.9 Å². The van der Waals surface area contributed by atoms with E-state index in [1.807, 2.05) is 91.0 Å². The Morgan fingerprint density at radius 3 is 2.04 bits per heavy atom. The van der Waals surface area contributed by atoms with Gasteiger partial charge in [0.2, 0.25) is 0 Å². The first-order chi connectivity index (χ1) is 24.6. The lowest BCUT2D eigenvalue weighted by molar-refractivity contribution is -0.137. The van der Waals surface area contributed by atoms with Crippen molar-refractivity contribution in [3.05, 3.63) is 171 Å². The number of hydrogen-bond donors (Lipinski definition) is 2. The fourth-order valence-corrected chi connectivity index (χ4v) is 5.68. The van der Waals surface area contributed by atoms with Crippen LogP contribution in [-0.4, -0.2) is 21.2 Å². The summed E-state index contributed by atoms with van der Waals surface area (Å²) >= 11 is 0. The third kappa shape index (κ3) is 9.30. The zero-order valence-corrected chi connectivity index (χ0v) is 27.3. The Hall–Kier alpha value is -6.16. The summed E-state index contributed by atoms with van der Waals surface area (Å²) in [5.74, 6) is -0.402. The normalized spacial score (nSPS) is 12.2. The van der Waals surface area contributed by atoms with Crippen LogP contribution in [0, 0.1) is 5.92 Å². The molecule has 7 nitrogen and oxygen atoms in total. The van der Waals surface area contributed by atoms with E-state index in [2.05, 4.69) is 20.7 Å². The number of nitrogens with one attached hydrogen (secondary N) is 1. The summed E-state index contributed by atoms with van der Waals surface area (Å²) < 4.78 is 49.7. The third-order valence-electron chi connectivity index (χ3n) is 8.53. The van der Waals surface area contributed by atoms with Crippen molar-refractivity contribution in [2.24, 2.45) is 5.92 Å². The molecule has 1 aromatic heterocycles. The zero-order valence-electron chi connectivity index (χ0n) is 27.3. The van der Waals surface area contributed by atoms with E-state index in [0.717, 1.165) is 58.4 Å². The first-order valence-electron chi connectivity index (χ1n) is 16.2.